The maximum absolute atomic E-state index is 12.5. The van der Waals surface area contributed by atoms with Gasteiger partial charge in [0.1, 0.15) is 5.69 Å². The molecule has 0 unspecified atom stereocenters. The van der Waals surface area contributed by atoms with E-state index in [9.17, 15) is 9.30 Å². The first-order valence-corrected chi connectivity index (χ1v) is 2.62. The van der Waals surface area contributed by atoms with Gasteiger partial charge in [-0.1, -0.05) is 0 Å². The van der Waals surface area contributed by atoms with E-state index < -0.39 is 5.82 Å². The summed E-state index contributed by atoms with van der Waals surface area (Å²) >= 11 is 0. The van der Waals surface area contributed by atoms with Gasteiger partial charge < -0.3 is 5.73 Å². The molecule has 1 aromatic carbocycles. The second kappa shape index (κ2) is 2.43. The molecule has 0 bridgehead atoms. The Labute approximate surface area is 56.6 Å². The monoisotopic (exact) mass is 140 g/mol. The molecule has 2 N–H and O–H groups in total. The highest BCUT2D eigenvalue weighted by Crippen LogP contribution is 2.18. The topological polar surface area (TPSA) is 55.4 Å². The van der Waals surface area contributed by atoms with Crippen molar-refractivity contribution in [1.29, 1.82) is 0 Å². The van der Waals surface area contributed by atoms with Gasteiger partial charge in [0.25, 0.3) is 0 Å². The zero-order valence-corrected chi connectivity index (χ0v) is 5.04. The number of benzene rings is 1. The van der Waals surface area contributed by atoms with Gasteiger partial charge in [-0.3, -0.25) is 0 Å². The lowest BCUT2D eigenvalue weighted by Crippen LogP contribution is -1.84. The lowest BCUT2D eigenvalue weighted by Gasteiger charge is -1.92. The van der Waals surface area contributed by atoms with Crippen LogP contribution >= 0.6 is 0 Å². The first-order chi connectivity index (χ1) is 4.74. The van der Waals surface area contributed by atoms with Crippen LogP contribution in [0.1, 0.15) is 0 Å². The Morgan fingerprint density at radius 1 is 1.50 bits per heavy atom. The van der Waals surface area contributed by atoms with Crippen LogP contribution in [0.4, 0.5) is 15.8 Å². The Balaban J connectivity index is 3.19. The highest BCUT2D eigenvalue weighted by atomic mass is 19.1. The van der Waals surface area contributed by atoms with Crippen LogP contribution in [0.25, 0.3) is 0 Å². The van der Waals surface area contributed by atoms with Crippen LogP contribution in [0.15, 0.2) is 23.4 Å². The molecule has 4 heteroatoms. The van der Waals surface area contributed by atoms with Crippen LogP contribution in [0.5, 0.6) is 0 Å². The van der Waals surface area contributed by atoms with E-state index >= 15 is 0 Å². The number of nitrogen functional groups attached to an aromatic ring is 1. The summed E-state index contributed by atoms with van der Waals surface area (Å²) in [4.78, 5) is 9.81. The molecule has 0 aliphatic rings. The summed E-state index contributed by atoms with van der Waals surface area (Å²) in [6.07, 6.45) is 0. The van der Waals surface area contributed by atoms with Crippen molar-refractivity contribution in [1.82, 2.24) is 0 Å². The van der Waals surface area contributed by atoms with E-state index in [0.717, 1.165) is 6.07 Å². The fraction of sp³-hybridized carbons (Fsp3) is 0. The van der Waals surface area contributed by atoms with Crippen LogP contribution in [0.2, 0.25) is 0 Å². The average molecular weight is 140 g/mol. The minimum atomic E-state index is -0.685. The van der Waals surface area contributed by atoms with Gasteiger partial charge in [-0.2, -0.15) is 0 Å². The smallest absolute Gasteiger partial charge is 0.154 e. The third-order valence-corrected chi connectivity index (χ3v) is 1.07. The standard InChI is InChI=1S/C6H5FN2O/c7-5-3-4(8)1-2-6(5)9-10/h1-3H,8H2. The van der Waals surface area contributed by atoms with Gasteiger partial charge in [0.15, 0.2) is 5.82 Å². The Morgan fingerprint density at radius 3 is 2.70 bits per heavy atom. The molecule has 0 aliphatic heterocycles. The molecule has 0 aliphatic carbocycles. The predicted octanol–water partition coefficient (Wildman–Crippen LogP) is 1.81. The van der Waals surface area contributed by atoms with Crippen molar-refractivity contribution in [2.45, 2.75) is 0 Å². The van der Waals surface area contributed by atoms with E-state index in [0.29, 0.717) is 0 Å². The molecular formula is C6H5FN2O. The highest BCUT2D eigenvalue weighted by molar-refractivity contribution is 5.48. The van der Waals surface area contributed by atoms with E-state index in [1.165, 1.54) is 12.1 Å². The highest BCUT2D eigenvalue weighted by Gasteiger charge is 1.99. The maximum atomic E-state index is 12.5. The molecule has 10 heavy (non-hydrogen) atoms. The van der Waals surface area contributed by atoms with Crippen molar-refractivity contribution < 1.29 is 4.39 Å². The van der Waals surface area contributed by atoms with Gasteiger partial charge in [-0.05, 0) is 23.4 Å². The molecule has 0 saturated heterocycles. The van der Waals surface area contributed by atoms with Crippen molar-refractivity contribution in [3.05, 3.63) is 28.9 Å². The molecule has 0 heterocycles. The van der Waals surface area contributed by atoms with Crippen molar-refractivity contribution in [2.75, 3.05) is 5.73 Å². The zero-order chi connectivity index (χ0) is 7.56. The molecule has 0 amide bonds. The summed E-state index contributed by atoms with van der Waals surface area (Å²) in [7, 11) is 0. The van der Waals surface area contributed by atoms with Crippen molar-refractivity contribution >= 4 is 11.4 Å². The quantitative estimate of drug-likeness (QED) is 0.477. The number of anilines is 1. The fourth-order valence-electron chi connectivity index (χ4n) is 0.597. The van der Waals surface area contributed by atoms with Crippen LogP contribution in [0.3, 0.4) is 0 Å². The molecule has 52 valence electrons. The summed E-state index contributed by atoms with van der Waals surface area (Å²) in [5.41, 5.74) is 5.27. The van der Waals surface area contributed by atoms with Gasteiger partial charge in [0.05, 0.1) is 0 Å². The van der Waals surface area contributed by atoms with Gasteiger partial charge >= 0.3 is 0 Å². The summed E-state index contributed by atoms with van der Waals surface area (Å²) in [5.74, 6) is -0.685. The minimum absolute atomic E-state index is 0.214. The van der Waals surface area contributed by atoms with Crippen LogP contribution < -0.4 is 5.73 Å². The number of nitrogens with two attached hydrogens (primary N) is 1. The van der Waals surface area contributed by atoms with E-state index in [-0.39, 0.29) is 11.4 Å². The Hall–Kier alpha value is -1.45. The van der Waals surface area contributed by atoms with Gasteiger partial charge in [0.2, 0.25) is 0 Å². The van der Waals surface area contributed by atoms with Crippen LogP contribution in [-0.4, -0.2) is 0 Å². The normalized spacial score (nSPS) is 9.30. The Kier molecular flexibility index (Phi) is 1.62. The molecule has 3 nitrogen and oxygen atoms in total. The summed E-state index contributed by atoms with van der Waals surface area (Å²) in [6.45, 7) is 0. The van der Waals surface area contributed by atoms with Crippen molar-refractivity contribution in [2.24, 2.45) is 5.18 Å². The van der Waals surface area contributed by atoms with E-state index in [4.69, 9.17) is 5.73 Å². The third-order valence-electron chi connectivity index (χ3n) is 1.07. The number of halogens is 1. The number of hydrogen-bond donors (Lipinski definition) is 1. The minimum Gasteiger partial charge on any atom is -0.399 e. The van der Waals surface area contributed by atoms with Crippen LogP contribution in [-0.2, 0) is 0 Å². The number of nitroso groups, excluding NO2 is 1. The van der Waals surface area contributed by atoms with Crippen molar-refractivity contribution in [3.8, 4) is 0 Å². The maximum Gasteiger partial charge on any atom is 0.154 e. The molecule has 1 rings (SSSR count). The first-order valence-electron chi connectivity index (χ1n) is 2.62. The predicted molar refractivity (Wildman–Crippen MR) is 36.3 cm³/mol. The zero-order valence-electron chi connectivity index (χ0n) is 5.04. The fourth-order valence-corrected chi connectivity index (χ4v) is 0.597. The van der Waals surface area contributed by atoms with Crippen molar-refractivity contribution in [3.63, 3.8) is 0 Å². The number of hydrogen-bond acceptors (Lipinski definition) is 3. The molecule has 0 fully saturated rings. The van der Waals surface area contributed by atoms with Gasteiger partial charge in [-0.25, -0.2) is 4.39 Å². The van der Waals surface area contributed by atoms with Gasteiger partial charge in [0, 0.05) is 5.69 Å². The van der Waals surface area contributed by atoms with Gasteiger partial charge in [-0.15, -0.1) is 4.91 Å². The van der Waals surface area contributed by atoms with E-state index in [2.05, 4.69) is 5.18 Å². The molecule has 0 saturated carbocycles. The van der Waals surface area contributed by atoms with Crippen LogP contribution in [0, 0.1) is 10.7 Å². The second-order valence-electron chi connectivity index (χ2n) is 1.80. The molecule has 0 radical (unpaired) electrons. The van der Waals surface area contributed by atoms with E-state index in [1.807, 2.05) is 0 Å². The largest absolute Gasteiger partial charge is 0.399 e. The summed E-state index contributed by atoms with van der Waals surface area (Å²) in [5, 5.41) is 2.43. The molecular weight excluding hydrogens is 135 g/mol. The lowest BCUT2D eigenvalue weighted by molar-refractivity contribution is 0.630. The summed E-state index contributed by atoms with van der Waals surface area (Å²) in [6, 6.07) is 3.70. The number of nitrogens with zero attached hydrogens (tertiary/aromatic N) is 1. The number of rotatable bonds is 1. The third kappa shape index (κ3) is 1.10. The Morgan fingerprint density at radius 2 is 2.20 bits per heavy atom. The summed E-state index contributed by atoms with van der Waals surface area (Å²) < 4.78 is 12.5. The Bertz CT molecular complexity index is 262. The molecule has 0 aromatic heterocycles. The second-order valence-corrected chi connectivity index (χ2v) is 1.80. The van der Waals surface area contributed by atoms with E-state index in [1.54, 1.807) is 0 Å². The SMILES string of the molecule is Nc1ccc(N=O)c(F)c1. The first kappa shape index (κ1) is 6.67. The molecule has 1 aromatic rings. The molecule has 0 spiro atoms. The lowest BCUT2D eigenvalue weighted by atomic mass is 10.3. The average Bonchev–Trinajstić information content (AvgIpc) is 1.88. The molecule has 0 atom stereocenters.